The summed E-state index contributed by atoms with van der Waals surface area (Å²) >= 11 is 0. The average molecular weight is 371 g/mol. The van der Waals surface area contributed by atoms with Crippen LogP contribution >= 0.6 is 0 Å². The molecule has 0 rings (SSSR count). The van der Waals surface area contributed by atoms with E-state index in [4.69, 9.17) is 9.47 Å². The van der Waals surface area contributed by atoms with Crippen molar-refractivity contribution in [3.05, 3.63) is 0 Å². The lowest BCUT2D eigenvalue weighted by atomic mass is 9.77. The first-order valence-corrected chi connectivity index (χ1v) is 11.7. The van der Waals surface area contributed by atoms with E-state index in [1.165, 1.54) is 57.8 Å². The van der Waals surface area contributed by atoms with E-state index in [0.29, 0.717) is 17.8 Å². The summed E-state index contributed by atoms with van der Waals surface area (Å²) in [6, 6.07) is 0. The predicted octanol–water partition coefficient (Wildman–Crippen LogP) is 7.99. The molecule has 1 atom stereocenters. The van der Waals surface area contributed by atoms with Crippen LogP contribution in [0.1, 0.15) is 119 Å². The second kappa shape index (κ2) is 15.9. The van der Waals surface area contributed by atoms with Crippen LogP contribution in [0, 0.1) is 17.8 Å². The Morgan fingerprint density at radius 2 is 1.08 bits per heavy atom. The fourth-order valence-corrected chi connectivity index (χ4v) is 3.91. The van der Waals surface area contributed by atoms with E-state index < -0.39 is 5.79 Å². The molecule has 0 amide bonds. The molecule has 0 fully saturated rings. The Bertz CT molecular complexity index is 289. The first-order chi connectivity index (χ1) is 12.5. The molecule has 0 aliphatic heterocycles. The molecule has 26 heavy (non-hydrogen) atoms. The molecular formula is C24H50O2. The van der Waals surface area contributed by atoms with E-state index in [2.05, 4.69) is 48.5 Å². The fourth-order valence-electron chi connectivity index (χ4n) is 3.91. The maximum absolute atomic E-state index is 6.57. The van der Waals surface area contributed by atoms with Gasteiger partial charge in [0.1, 0.15) is 0 Å². The highest BCUT2D eigenvalue weighted by molar-refractivity contribution is 4.85. The first kappa shape index (κ1) is 25.9. The van der Waals surface area contributed by atoms with Gasteiger partial charge in [-0.1, -0.05) is 99.8 Å². The molecule has 2 heteroatoms. The van der Waals surface area contributed by atoms with Crippen molar-refractivity contribution in [2.75, 3.05) is 13.2 Å². The van der Waals surface area contributed by atoms with Crippen LogP contribution in [-0.4, -0.2) is 19.0 Å². The Kier molecular flexibility index (Phi) is 15.9. The maximum atomic E-state index is 6.57. The summed E-state index contributed by atoms with van der Waals surface area (Å²) in [5.41, 5.74) is 0. The highest BCUT2D eigenvalue weighted by Gasteiger charge is 2.44. The Hall–Kier alpha value is -0.0800. The van der Waals surface area contributed by atoms with Gasteiger partial charge in [-0.3, -0.25) is 0 Å². The van der Waals surface area contributed by atoms with Gasteiger partial charge in [-0.25, -0.2) is 0 Å². The molecule has 158 valence electrons. The summed E-state index contributed by atoms with van der Waals surface area (Å²) in [6.07, 6.45) is 13.9. The smallest absolute Gasteiger partial charge is 0.173 e. The monoisotopic (exact) mass is 370 g/mol. The lowest BCUT2D eigenvalue weighted by Crippen LogP contribution is -2.50. The van der Waals surface area contributed by atoms with Gasteiger partial charge in [-0.15, -0.1) is 0 Å². The molecule has 0 bridgehead atoms. The normalized spacial score (nSPS) is 13.7. The Balaban J connectivity index is 5.04. The molecule has 0 heterocycles. The van der Waals surface area contributed by atoms with Crippen molar-refractivity contribution >= 4 is 0 Å². The standard InChI is InChI=1S/C24H50O2/c1-8-11-14-15-16-17-18-23(21(4)5)24(22(6)7,25-19-12-9-2)26-20-13-10-3/h21-23H,8-20H2,1-7H3. The Morgan fingerprint density at radius 3 is 1.50 bits per heavy atom. The largest absolute Gasteiger partial charge is 0.349 e. The van der Waals surface area contributed by atoms with E-state index in [1.807, 2.05) is 0 Å². The SMILES string of the molecule is CCCCCCCCC(C(C)C)C(OCCCC)(OCCCC)C(C)C. The molecular weight excluding hydrogens is 320 g/mol. The molecule has 0 aliphatic carbocycles. The Labute approximate surface area is 165 Å². The van der Waals surface area contributed by atoms with Crippen molar-refractivity contribution in [3.8, 4) is 0 Å². The van der Waals surface area contributed by atoms with Gasteiger partial charge in [0, 0.05) is 11.8 Å². The van der Waals surface area contributed by atoms with Crippen LogP contribution in [0.3, 0.4) is 0 Å². The average Bonchev–Trinajstić information content (AvgIpc) is 2.60. The van der Waals surface area contributed by atoms with E-state index in [9.17, 15) is 0 Å². The quantitative estimate of drug-likeness (QED) is 0.180. The fraction of sp³-hybridized carbons (Fsp3) is 1.00. The zero-order valence-corrected chi connectivity index (χ0v) is 19.2. The van der Waals surface area contributed by atoms with Crippen molar-refractivity contribution in [2.45, 2.75) is 125 Å². The third kappa shape index (κ3) is 9.74. The van der Waals surface area contributed by atoms with E-state index in [1.54, 1.807) is 0 Å². The van der Waals surface area contributed by atoms with Gasteiger partial charge < -0.3 is 9.47 Å². The van der Waals surface area contributed by atoms with Gasteiger partial charge in [0.2, 0.25) is 0 Å². The van der Waals surface area contributed by atoms with Crippen molar-refractivity contribution in [1.29, 1.82) is 0 Å². The highest BCUT2D eigenvalue weighted by Crippen LogP contribution is 2.40. The van der Waals surface area contributed by atoms with Crippen LogP contribution in [-0.2, 0) is 9.47 Å². The predicted molar refractivity (Wildman–Crippen MR) is 116 cm³/mol. The summed E-state index contributed by atoms with van der Waals surface area (Å²) in [6.45, 7) is 17.7. The van der Waals surface area contributed by atoms with Crippen molar-refractivity contribution in [3.63, 3.8) is 0 Å². The van der Waals surface area contributed by atoms with Gasteiger partial charge in [-0.05, 0) is 25.2 Å². The van der Waals surface area contributed by atoms with Crippen molar-refractivity contribution in [2.24, 2.45) is 17.8 Å². The van der Waals surface area contributed by atoms with Crippen molar-refractivity contribution in [1.82, 2.24) is 0 Å². The molecule has 1 unspecified atom stereocenters. The van der Waals surface area contributed by atoms with Crippen molar-refractivity contribution < 1.29 is 9.47 Å². The van der Waals surface area contributed by atoms with Crippen LogP contribution < -0.4 is 0 Å². The van der Waals surface area contributed by atoms with Crippen LogP contribution in [0.2, 0.25) is 0 Å². The minimum atomic E-state index is -0.415. The lowest BCUT2D eigenvalue weighted by molar-refractivity contribution is -0.299. The van der Waals surface area contributed by atoms with Crippen LogP contribution in [0.25, 0.3) is 0 Å². The van der Waals surface area contributed by atoms with Gasteiger partial charge in [0.15, 0.2) is 5.79 Å². The maximum Gasteiger partial charge on any atom is 0.173 e. The molecule has 0 saturated carbocycles. The van der Waals surface area contributed by atoms with Crippen LogP contribution in [0.5, 0.6) is 0 Å². The molecule has 0 aromatic rings. The minimum absolute atomic E-state index is 0.378. The first-order valence-electron chi connectivity index (χ1n) is 11.7. The molecule has 0 spiro atoms. The zero-order valence-electron chi connectivity index (χ0n) is 19.2. The van der Waals surface area contributed by atoms with Crippen LogP contribution in [0.15, 0.2) is 0 Å². The topological polar surface area (TPSA) is 18.5 Å². The summed E-state index contributed by atoms with van der Waals surface area (Å²) < 4.78 is 13.1. The number of hydrogen-bond acceptors (Lipinski definition) is 2. The second-order valence-electron chi connectivity index (χ2n) is 8.69. The third-order valence-electron chi connectivity index (χ3n) is 5.65. The molecule has 0 radical (unpaired) electrons. The molecule has 0 saturated heterocycles. The van der Waals surface area contributed by atoms with E-state index >= 15 is 0 Å². The summed E-state index contributed by atoms with van der Waals surface area (Å²) in [5.74, 6) is 1.02. The molecule has 2 nitrogen and oxygen atoms in total. The van der Waals surface area contributed by atoms with Gasteiger partial charge in [0.05, 0.1) is 13.2 Å². The van der Waals surface area contributed by atoms with Crippen LogP contribution in [0.4, 0.5) is 0 Å². The van der Waals surface area contributed by atoms with Gasteiger partial charge in [0.25, 0.3) is 0 Å². The number of hydrogen-bond donors (Lipinski definition) is 0. The van der Waals surface area contributed by atoms with E-state index in [0.717, 1.165) is 26.1 Å². The minimum Gasteiger partial charge on any atom is -0.349 e. The Morgan fingerprint density at radius 1 is 0.615 bits per heavy atom. The molecule has 0 aliphatic rings. The molecule has 0 aromatic heterocycles. The van der Waals surface area contributed by atoms with Gasteiger partial charge >= 0.3 is 0 Å². The number of unbranched alkanes of at least 4 members (excludes halogenated alkanes) is 7. The lowest BCUT2D eigenvalue weighted by Gasteiger charge is -2.45. The van der Waals surface area contributed by atoms with E-state index in [-0.39, 0.29) is 0 Å². The third-order valence-corrected chi connectivity index (χ3v) is 5.65. The molecule has 0 aromatic carbocycles. The zero-order chi connectivity index (χ0) is 19.8. The van der Waals surface area contributed by atoms with Gasteiger partial charge in [-0.2, -0.15) is 0 Å². The number of ether oxygens (including phenoxy) is 2. The molecule has 0 N–H and O–H groups in total. The summed E-state index contributed by atoms with van der Waals surface area (Å²) in [5, 5.41) is 0. The number of rotatable bonds is 18. The second-order valence-corrected chi connectivity index (χ2v) is 8.69. The summed E-state index contributed by atoms with van der Waals surface area (Å²) in [4.78, 5) is 0. The summed E-state index contributed by atoms with van der Waals surface area (Å²) in [7, 11) is 0. The highest BCUT2D eigenvalue weighted by atomic mass is 16.7.